The van der Waals surface area contributed by atoms with E-state index in [0.29, 0.717) is 33.6 Å². The number of hydrogen-bond donors (Lipinski definition) is 1. The number of ketones is 1. The number of halogens is 1. The normalized spacial score (nSPS) is 17.6. The minimum Gasteiger partial charge on any atom is -0.507 e. The molecule has 4 aromatic rings. The van der Waals surface area contributed by atoms with Crippen LogP contribution in [0.1, 0.15) is 29.8 Å². The third-order valence-electron chi connectivity index (χ3n) is 5.38. The van der Waals surface area contributed by atoms with Crippen molar-refractivity contribution < 1.29 is 19.4 Å². The molecule has 1 aliphatic heterocycles. The maximum atomic E-state index is 13.3. The number of thiophene rings is 1. The summed E-state index contributed by atoms with van der Waals surface area (Å²) < 4.78 is 6.48. The fraction of sp³-hybridized carbons (Fsp3) is 0.160. The highest BCUT2D eigenvalue weighted by Crippen LogP contribution is 2.45. The Morgan fingerprint density at radius 1 is 1.18 bits per heavy atom. The Labute approximate surface area is 208 Å². The number of benzene rings is 2. The van der Waals surface area contributed by atoms with Gasteiger partial charge in [-0.3, -0.25) is 14.5 Å². The quantitative estimate of drug-likeness (QED) is 0.184. The van der Waals surface area contributed by atoms with E-state index < -0.39 is 17.7 Å². The zero-order valence-electron chi connectivity index (χ0n) is 18.0. The van der Waals surface area contributed by atoms with Crippen molar-refractivity contribution in [2.75, 3.05) is 11.5 Å². The summed E-state index contributed by atoms with van der Waals surface area (Å²) in [6, 6.07) is 15.1. The Morgan fingerprint density at radius 3 is 2.79 bits per heavy atom. The molecule has 5 rings (SSSR count). The number of aliphatic hydroxyl groups excluding tert-OH is 1. The summed E-state index contributed by atoms with van der Waals surface area (Å²) in [4.78, 5) is 33.2. The number of fused-ring (bicyclic) bond motifs is 1. The van der Waals surface area contributed by atoms with Crippen LogP contribution < -0.4 is 9.64 Å². The molecule has 1 amide bonds. The van der Waals surface area contributed by atoms with Crippen molar-refractivity contribution in [2.45, 2.75) is 19.4 Å². The average Bonchev–Trinajstić information content (AvgIpc) is 3.56. The molecule has 1 saturated heterocycles. The number of amides is 1. The summed E-state index contributed by atoms with van der Waals surface area (Å²) in [5.41, 5.74) is 1.11. The molecule has 0 radical (unpaired) electrons. The van der Waals surface area contributed by atoms with Crippen LogP contribution >= 0.6 is 34.3 Å². The largest absolute Gasteiger partial charge is 0.507 e. The number of ether oxygens (including phenoxy) is 1. The van der Waals surface area contributed by atoms with E-state index in [2.05, 4.69) is 4.98 Å². The second-order valence-electron chi connectivity index (χ2n) is 7.67. The van der Waals surface area contributed by atoms with Crippen molar-refractivity contribution >= 4 is 67.1 Å². The maximum Gasteiger partial charge on any atom is 0.301 e. The third-order valence-corrected chi connectivity index (χ3v) is 7.56. The van der Waals surface area contributed by atoms with Crippen molar-refractivity contribution in [1.29, 1.82) is 0 Å². The molecule has 2 aromatic heterocycles. The molecular weight excluding hydrogens is 492 g/mol. The molecule has 3 heterocycles. The Morgan fingerprint density at radius 2 is 2.03 bits per heavy atom. The molecule has 0 spiro atoms. The zero-order chi connectivity index (χ0) is 23.8. The van der Waals surface area contributed by atoms with Crippen molar-refractivity contribution in [1.82, 2.24) is 4.98 Å². The van der Waals surface area contributed by atoms with Gasteiger partial charge < -0.3 is 9.84 Å². The molecule has 1 aliphatic rings. The number of thiazole rings is 1. The fourth-order valence-electron chi connectivity index (χ4n) is 3.84. The van der Waals surface area contributed by atoms with Gasteiger partial charge in [-0.05, 0) is 48.2 Å². The van der Waals surface area contributed by atoms with Gasteiger partial charge in [0.1, 0.15) is 17.6 Å². The van der Waals surface area contributed by atoms with Crippen LogP contribution in [0.4, 0.5) is 5.13 Å². The summed E-state index contributed by atoms with van der Waals surface area (Å²) in [5, 5.41) is 14.1. The first-order valence-electron chi connectivity index (χ1n) is 10.6. The molecular formula is C25H19ClN2O4S2. The molecule has 172 valence electrons. The number of carbonyl (C=O) groups excluding carboxylic acids is 2. The van der Waals surface area contributed by atoms with Gasteiger partial charge in [0, 0.05) is 15.5 Å². The van der Waals surface area contributed by atoms with Crippen LogP contribution in [-0.4, -0.2) is 28.4 Å². The molecule has 1 unspecified atom stereocenters. The average molecular weight is 511 g/mol. The Kier molecular flexibility index (Phi) is 6.12. The van der Waals surface area contributed by atoms with Gasteiger partial charge in [-0.2, -0.15) is 0 Å². The van der Waals surface area contributed by atoms with E-state index in [1.54, 1.807) is 42.5 Å². The predicted octanol–water partition coefficient (Wildman–Crippen LogP) is 6.43. The molecule has 9 heteroatoms. The maximum absolute atomic E-state index is 13.3. The van der Waals surface area contributed by atoms with Gasteiger partial charge in [0.05, 0.1) is 22.4 Å². The lowest BCUT2D eigenvalue weighted by Crippen LogP contribution is -2.28. The molecule has 2 aromatic carbocycles. The summed E-state index contributed by atoms with van der Waals surface area (Å²) in [7, 11) is 0. The van der Waals surface area contributed by atoms with E-state index >= 15 is 0 Å². The number of anilines is 1. The van der Waals surface area contributed by atoms with Crippen LogP contribution in [-0.2, 0) is 9.59 Å². The minimum atomic E-state index is -0.795. The van der Waals surface area contributed by atoms with Crippen LogP contribution in [0, 0.1) is 0 Å². The number of nitrogens with zero attached hydrogens (tertiary/aromatic N) is 2. The first kappa shape index (κ1) is 22.6. The molecule has 34 heavy (non-hydrogen) atoms. The summed E-state index contributed by atoms with van der Waals surface area (Å²) >= 11 is 8.80. The first-order chi connectivity index (χ1) is 16.5. The van der Waals surface area contributed by atoms with E-state index in [1.807, 2.05) is 24.4 Å². The molecule has 0 bridgehead atoms. The molecule has 0 aliphatic carbocycles. The predicted molar refractivity (Wildman–Crippen MR) is 136 cm³/mol. The number of hydrogen-bond acceptors (Lipinski definition) is 7. The molecule has 1 N–H and O–H groups in total. The molecule has 6 nitrogen and oxygen atoms in total. The van der Waals surface area contributed by atoms with Gasteiger partial charge in [0.2, 0.25) is 0 Å². The van der Waals surface area contributed by atoms with E-state index in [1.165, 1.54) is 27.6 Å². The molecule has 1 atom stereocenters. The number of aromatic nitrogens is 1. The van der Waals surface area contributed by atoms with Gasteiger partial charge in [0.15, 0.2) is 5.13 Å². The number of rotatable bonds is 6. The van der Waals surface area contributed by atoms with Crippen molar-refractivity contribution in [3.05, 3.63) is 81.0 Å². The number of carbonyl (C=O) groups is 2. The SMILES string of the molecule is CCCOc1cccc(C(O)=C2C(=O)C(=O)N(c3nc4ccc(Cl)cc4s3)C2c2cccs2)c1. The Balaban J connectivity index is 1.65. The van der Waals surface area contributed by atoms with Gasteiger partial charge in [-0.25, -0.2) is 4.98 Å². The van der Waals surface area contributed by atoms with E-state index in [0.717, 1.165) is 16.0 Å². The van der Waals surface area contributed by atoms with Gasteiger partial charge in [-0.1, -0.05) is 48.1 Å². The molecule has 1 fully saturated rings. The minimum absolute atomic E-state index is 0.0254. The highest BCUT2D eigenvalue weighted by molar-refractivity contribution is 7.22. The first-order valence-corrected chi connectivity index (χ1v) is 12.7. The van der Waals surface area contributed by atoms with Crippen molar-refractivity contribution in [2.24, 2.45) is 0 Å². The standard InChI is InChI=1S/C25H19ClN2O4S2/c1-2-10-32-16-6-3-5-14(12-16)22(29)20-21(18-7-4-11-33-18)28(24(31)23(20)30)25-27-17-9-8-15(26)13-19(17)34-25/h3-9,11-13,21,29H,2,10H2,1H3. The lowest BCUT2D eigenvalue weighted by atomic mass is 10.00. The lowest BCUT2D eigenvalue weighted by Gasteiger charge is -2.21. The number of Topliss-reactive ketones (excluding diaryl/α,β-unsaturated/α-hetero) is 1. The number of aliphatic hydroxyl groups is 1. The van der Waals surface area contributed by atoms with Crippen LogP contribution in [0.5, 0.6) is 5.75 Å². The van der Waals surface area contributed by atoms with Crippen molar-refractivity contribution in [3.63, 3.8) is 0 Å². The van der Waals surface area contributed by atoms with Crippen LogP contribution in [0.3, 0.4) is 0 Å². The van der Waals surface area contributed by atoms with Crippen molar-refractivity contribution in [3.8, 4) is 5.75 Å². The Bertz CT molecular complexity index is 1430. The third kappa shape index (κ3) is 3.98. The monoisotopic (exact) mass is 510 g/mol. The summed E-state index contributed by atoms with van der Waals surface area (Å²) in [6.45, 7) is 2.54. The van der Waals surface area contributed by atoms with Gasteiger partial charge in [0.25, 0.3) is 5.78 Å². The smallest absolute Gasteiger partial charge is 0.301 e. The van der Waals surface area contributed by atoms with Crippen LogP contribution in [0.25, 0.3) is 16.0 Å². The lowest BCUT2D eigenvalue weighted by molar-refractivity contribution is -0.132. The van der Waals surface area contributed by atoms with Crippen LogP contribution in [0.15, 0.2) is 65.6 Å². The highest BCUT2D eigenvalue weighted by Gasteiger charge is 2.48. The van der Waals surface area contributed by atoms with Crippen LogP contribution in [0.2, 0.25) is 5.02 Å². The zero-order valence-corrected chi connectivity index (χ0v) is 20.4. The second-order valence-corrected chi connectivity index (χ2v) is 10.1. The fourth-order valence-corrected chi connectivity index (χ4v) is 5.94. The van der Waals surface area contributed by atoms with E-state index in [9.17, 15) is 14.7 Å². The van der Waals surface area contributed by atoms with E-state index in [4.69, 9.17) is 16.3 Å². The second kappa shape index (κ2) is 9.21. The summed E-state index contributed by atoms with van der Waals surface area (Å²) in [6.07, 6.45) is 0.840. The summed E-state index contributed by atoms with van der Waals surface area (Å²) in [5.74, 6) is -1.15. The topological polar surface area (TPSA) is 79.7 Å². The van der Waals surface area contributed by atoms with E-state index in [-0.39, 0.29) is 11.3 Å². The van der Waals surface area contributed by atoms with Gasteiger partial charge in [-0.15, -0.1) is 11.3 Å². The highest BCUT2D eigenvalue weighted by atomic mass is 35.5. The van der Waals surface area contributed by atoms with Gasteiger partial charge >= 0.3 is 5.91 Å². The Hall–Kier alpha value is -3.20. The molecule has 0 saturated carbocycles.